The monoisotopic (exact) mass is 730 g/mol. The summed E-state index contributed by atoms with van der Waals surface area (Å²) in [6.07, 6.45) is 0. The molecule has 0 bridgehead atoms. The Morgan fingerprint density at radius 1 is 0.172 bits per heavy atom. The zero-order valence-corrected chi connectivity index (χ0v) is 31.6. The van der Waals surface area contributed by atoms with Gasteiger partial charge in [0.05, 0.1) is 0 Å². The summed E-state index contributed by atoms with van der Waals surface area (Å²) in [5.41, 5.74) is 20.5. The van der Waals surface area contributed by atoms with Crippen LogP contribution >= 0.6 is 0 Å². The quantitative estimate of drug-likeness (QED) is 0.158. The van der Waals surface area contributed by atoms with Crippen LogP contribution in [-0.2, 0) is 0 Å². The Balaban J connectivity index is 1.20. The standard InChI is InChI=1S/C58H34/c1-3-13-35(14-4-1)37-25-27-51-53(33-37)58(50-32-30-48-42-20-10-8-18-40(42)44-22-12-24-46(50)56(44)48)54-34-38(36-15-5-2-6-16-36)26-28-52(54)57(51)49-31-29-47-41-19-9-7-17-39(41)43-21-11-23-45(49)55(43)47/h1-34H. The third-order valence-corrected chi connectivity index (χ3v) is 13.0. The lowest BCUT2D eigenvalue weighted by atomic mass is 9.81. The third-order valence-electron chi connectivity index (χ3n) is 13.0. The van der Waals surface area contributed by atoms with E-state index in [1.165, 1.54) is 132 Å². The fourth-order valence-corrected chi connectivity index (χ4v) is 10.5. The fourth-order valence-electron chi connectivity index (χ4n) is 10.5. The molecular weight excluding hydrogens is 697 g/mol. The Morgan fingerprint density at radius 3 is 0.948 bits per heavy atom. The van der Waals surface area contributed by atoms with E-state index in [2.05, 4.69) is 206 Å². The first kappa shape index (κ1) is 31.6. The highest BCUT2D eigenvalue weighted by atomic mass is 14.3. The van der Waals surface area contributed by atoms with Crippen molar-refractivity contribution in [3.05, 3.63) is 206 Å². The molecule has 0 atom stereocenters. The van der Waals surface area contributed by atoms with Crippen LogP contribution in [0.25, 0.3) is 132 Å². The van der Waals surface area contributed by atoms with Crippen LogP contribution in [0.1, 0.15) is 0 Å². The Kier molecular flexibility index (Phi) is 6.54. The number of hydrogen-bond acceptors (Lipinski definition) is 0. The summed E-state index contributed by atoms with van der Waals surface area (Å²) in [7, 11) is 0. The molecule has 0 heteroatoms. The van der Waals surface area contributed by atoms with Gasteiger partial charge in [0, 0.05) is 0 Å². The van der Waals surface area contributed by atoms with E-state index in [0.717, 1.165) is 0 Å². The van der Waals surface area contributed by atoms with Crippen molar-refractivity contribution in [2.24, 2.45) is 0 Å². The first-order valence-electron chi connectivity index (χ1n) is 20.3. The highest BCUT2D eigenvalue weighted by Crippen LogP contribution is 2.55. The van der Waals surface area contributed by atoms with Crippen LogP contribution in [0.3, 0.4) is 0 Å². The summed E-state index contributed by atoms with van der Waals surface area (Å²) in [4.78, 5) is 0. The maximum atomic E-state index is 2.46. The Labute approximate surface area is 336 Å². The average Bonchev–Trinajstić information content (AvgIpc) is 3.81. The number of benzene rings is 11. The van der Waals surface area contributed by atoms with Gasteiger partial charge in [-0.3, -0.25) is 0 Å². The van der Waals surface area contributed by atoms with Crippen molar-refractivity contribution in [3.63, 3.8) is 0 Å². The highest BCUT2D eigenvalue weighted by Gasteiger charge is 2.27. The van der Waals surface area contributed by atoms with Gasteiger partial charge in [-0.25, -0.2) is 0 Å². The maximum Gasteiger partial charge on any atom is -0.00197 e. The minimum Gasteiger partial charge on any atom is -0.0622 e. The lowest BCUT2D eigenvalue weighted by Gasteiger charge is -2.22. The molecule has 13 rings (SSSR count). The fraction of sp³-hybridized carbons (Fsp3) is 0. The highest BCUT2D eigenvalue weighted by molar-refractivity contribution is 6.29. The molecule has 0 spiro atoms. The van der Waals surface area contributed by atoms with E-state index in [-0.39, 0.29) is 0 Å². The molecule has 0 radical (unpaired) electrons. The van der Waals surface area contributed by atoms with E-state index >= 15 is 0 Å². The molecule has 58 heavy (non-hydrogen) atoms. The predicted molar refractivity (Wildman–Crippen MR) is 247 cm³/mol. The Morgan fingerprint density at radius 2 is 0.517 bits per heavy atom. The normalized spacial score (nSPS) is 12.1. The predicted octanol–water partition coefficient (Wildman–Crippen LogP) is 16.3. The van der Waals surface area contributed by atoms with E-state index < -0.39 is 0 Å². The van der Waals surface area contributed by atoms with Crippen LogP contribution in [0.5, 0.6) is 0 Å². The van der Waals surface area contributed by atoms with Crippen LogP contribution in [0, 0.1) is 0 Å². The molecule has 11 aromatic carbocycles. The topological polar surface area (TPSA) is 0 Å². The second-order valence-electron chi connectivity index (χ2n) is 15.9. The molecule has 0 saturated carbocycles. The second-order valence-corrected chi connectivity index (χ2v) is 15.9. The molecule has 0 aliphatic heterocycles. The number of hydrogen-bond donors (Lipinski definition) is 0. The summed E-state index contributed by atoms with van der Waals surface area (Å²) in [6, 6.07) is 77.2. The molecule has 0 N–H and O–H groups in total. The summed E-state index contributed by atoms with van der Waals surface area (Å²) in [6.45, 7) is 0. The summed E-state index contributed by atoms with van der Waals surface area (Å²) in [5.74, 6) is 0. The smallest absolute Gasteiger partial charge is 0.00197 e. The number of rotatable bonds is 4. The molecule has 0 aromatic heterocycles. The minimum absolute atomic E-state index is 1.22. The summed E-state index contributed by atoms with van der Waals surface area (Å²) >= 11 is 0. The molecule has 266 valence electrons. The minimum atomic E-state index is 1.22. The Bertz CT molecular complexity index is 3380. The first-order valence-corrected chi connectivity index (χ1v) is 20.3. The SMILES string of the molecule is c1ccc(-c2ccc3c(-c4ccc5c6c(cccc46)-c4ccccc4-5)c4ccc(-c5ccccc5)cc4c(-c4ccc5c6c(cccc46)-c4ccccc4-5)c3c2)cc1. The molecule has 2 aliphatic rings. The largest absolute Gasteiger partial charge is 0.0622 e. The third kappa shape index (κ3) is 4.35. The van der Waals surface area contributed by atoms with E-state index in [9.17, 15) is 0 Å². The summed E-state index contributed by atoms with van der Waals surface area (Å²) < 4.78 is 0. The van der Waals surface area contributed by atoms with E-state index in [0.29, 0.717) is 0 Å². The van der Waals surface area contributed by atoms with Crippen LogP contribution in [0.15, 0.2) is 206 Å². The molecular formula is C58H34. The van der Waals surface area contributed by atoms with Crippen LogP contribution in [0.2, 0.25) is 0 Å². The molecule has 0 saturated heterocycles. The average molecular weight is 731 g/mol. The van der Waals surface area contributed by atoms with Crippen molar-refractivity contribution < 1.29 is 0 Å². The van der Waals surface area contributed by atoms with Gasteiger partial charge >= 0.3 is 0 Å². The van der Waals surface area contributed by atoms with E-state index in [4.69, 9.17) is 0 Å². The summed E-state index contributed by atoms with van der Waals surface area (Å²) in [5, 5.41) is 10.3. The van der Waals surface area contributed by atoms with Crippen molar-refractivity contribution in [1.82, 2.24) is 0 Å². The van der Waals surface area contributed by atoms with Crippen molar-refractivity contribution in [1.29, 1.82) is 0 Å². The molecule has 0 fully saturated rings. The Hall–Kier alpha value is -7.54. The van der Waals surface area contributed by atoms with Crippen molar-refractivity contribution in [2.45, 2.75) is 0 Å². The van der Waals surface area contributed by atoms with Crippen molar-refractivity contribution in [2.75, 3.05) is 0 Å². The van der Waals surface area contributed by atoms with Gasteiger partial charge in [0.1, 0.15) is 0 Å². The van der Waals surface area contributed by atoms with Crippen LogP contribution in [-0.4, -0.2) is 0 Å². The zero-order valence-electron chi connectivity index (χ0n) is 31.6. The van der Waals surface area contributed by atoms with Gasteiger partial charge in [-0.05, 0) is 144 Å². The molecule has 11 aromatic rings. The molecule has 0 unspecified atom stereocenters. The van der Waals surface area contributed by atoms with Gasteiger partial charge in [-0.15, -0.1) is 0 Å². The molecule has 0 heterocycles. The van der Waals surface area contributed by atoms with Crippen molar-refractivity contribution >= 4 is 43.1 Å². The lowest BCUT2D eigenvalue weighted by molar-refractivity contribution is 1.63. The van der Waals surface area contributed by atoms with E-state index in [1.807, 2.05) is 0 Å². The molecule has 2 aliphatic carbocycles. The van der Waals surface area contributed by atoms with Gasteiger partial charge in [0.25, 0.3) is 0 Å². The van der Waals surface area contributed by atoms with Crippen LogP contribution < -0.4 is 0 Å². The van der Waals surface area contributed by atoms with Gasteiger partial charge in [0.2, 0.25) is 0 Å². The van der Waals surface area contributed by atoms with Gasteiger partial charge in [-0.2, -0.15) is 0 Å². The van der Waals surface area contributed by atoms with E-state index in [1.54, 1.807) is 0 Å². The van der Waals surface area contributed by atoms with Gasteiger partial charge in [-0.1, -0.05) is 194 Å². The van der Waals surface area contributed by atoms with Crippen molar-refractivity contribution in [3.8, 4) is 89.0 Å². The van der Waals surface area contributed by atoms with Gasteiger partial charge < -0.3 is 0 Å². The molecule has 0 amide bonds. The number of fused-ring (bicyclic) bond motifs is 8. The second kappa shape index (κ2) is 12.0. The molecule has 0 nitrogen and oxygen atoms in total. The zero-order chi connectivity index (χ0) is 37.9. The van der Waals surface area contributed by atoms with Gasteiger partial charge in [0.15, 0.2) is 0 Å². The lowest BCUT2D eigenvalue weighted by Crippen LogP contribution is -1.94. The van der Waals surface area contributed by atoms with Crippen LogP contribution in [0.4, 0.5) is 0 Å². The first-order chi connectivity index (χ1) is 28.8. The maximum absolute atomic E-state index is 2.46.